The summed E-state index contributed by atoms with van der Waals surface area (Å²) in [5, 5.41) is 6.35. The maximum atomic E-state index is 12.8. The normalized spacial score (nSPS) is 10.4. The van der Waals surface area contributed by atoms with Crippen molar-refractivity contribution in [2.75, 3.05) is 18.4 Å². The number of hydrogen-bond donors (Lipinski definition) is 1. The van der Waals surface area contributed by atoms with Crippen molar-refractivity contribution < 1.29 is 14.1 Å². The number of rotatable bonds is 10. The molecule has 0 spiro atoms. The first kappa shape index (κ1) is 20.4. The Morgan fingerprint density at radius 3 is 2.59 bits per heavy atom. The molecule has 1 aromatic heterocycles. The molecule has 2 aromatic rings. The van der Waals surface area contributed by atoms with E-state index in [2.05, 4.69) is 24.0 Å². The Kier molecular flexibility index (Phi) is 7.79. The van der Waals surface area contributed by atoms with E-state index in [1.54, 1.807) is 19.1 Å². The van der Waals surface area contributed by atoms with Crippen LogP contribution in [0.25, 0.3) is 0 Å². The molecule has 0 aliphatic rings. The highest BCUT2D eigenvalue weighted by atomic mass is 16.5. The zero-order valence-corrected chi connectivity index (χ0v) is 16.0. The van der Waals surface area contributed by atoms with Gasteiger partial charge in [0.1, 0.15) is 12.3 Å². The van der Waals surface area contributed by atoms with Gasteiger partial charge in [0.15, 0.2) is 5.82 Å². The number of benzene rings is 1. The van der Waals surface area contributed by atoms with Crippen LogP contribution in [0.15, 0.2) is 47.5 Å². The van der Waals surface area contributed by atoms with Crippen LogP contribution in [-0.2, 0) is 11.2 Å². The van der Waals surface area contributed by atoms with Crippen LogP contribution in [0.5, 0.6) is 0 Å². The molecule has 0 bridgehead atoms. The van der Waals surface area contributed by atoms with Gasteiger partial charge in [0.25, 0.3) is 5.91 Å². The Balaban J connectivity index is 1.98. The summed E-state index contributed by atoms with van der Waals surface area (Å²) >= 11 is 0. The average molecular weight is 369 g/mol. The van der Waals surface area contributed by atoms with Gasteiger partial charge in [-0.1, -0.05) is 43.1 Å². The summed E-state index contributed by atoms with van der Waals surface area (Å²) < 4.78 is 4.92. The molecule has 2 rings (SSSR count). The molecular weight excluding hydrogens is 342 g/mol. The van der Waals surface area contributed by atoms with E-state index in [9.17, 15) is 9.59 Å². The Labute approximate surface area is 160 Å². The van der Waals surface area contributed by atoms with Gasteiger partial charge in [-0.3, -0.25) is 9.59 Å². The van der Waals surface area contributed by atoms with Gasteiger partial charge in [-0.2, -0.15) is 0 Å². The first-order valence-electron chi connectivity index (χ1n) is 9.25. The lowest BCUT2D eigenvalue weighted by atomic mass is 10.0. The number of carbonyl (C=O) groups is 2. The lowest BCUT2D eigenvalue weighted by Gasteiger charge is -2.20. The topological polar surface area (TPSA) is 75.4 Å². The molecule has 2 amide bonds. The third-order valence-electron chi connectivity index (χ3n) is 4.14. The predicted molar refractivity (Wildman–Crippen MR) is 106 cm³/mol. The van der Waals surface area contributed by atoms with E-state index in [1.807, 2.05) is 24.3 Å². The molecule has 1 aromatic carbocycles. The third-order valence-corrected chi connectivity index (χ3v) is 4.14. The highest BCUT2D eigenvalue weighted by molar-refractivity contribution is 5.99. The summed E-state index contributed by atoms with van der Waals surface area (Å²) in [4.78, 5) is 26.4. The second-order valence-corrected chi connectivity index (χ2v) is 6.50. The van der Waals surface area contributed by atoms with Crippen molar-refractivity contribution in [3.8, 4) is 0 Å². The van der Waals surface area contributed by atoms with E-state index in [1.165, 1.54) is 23.3 Å². The SMILES string of the molecule is C=CCN(CC(=O)Nc1cc(C)on1)C(=O)c1ccc(CCCCC)cc1. The number of aryl methyl sites for hydroxylation is 2. The smallest absolute Gasteiger partial charge is 0.254 e. The van der Waals surface area contributed by atoms with Crippen molar-refractivity contribution in [1.82, 2.24) is 10.1 Å². The fourth-order valence-corrected chi connectivity index (χ4v) is 2.73. The first-order chi connectivity index (χ1) is 13.0. The minimum Gasteiger partial charge on any atom is -0.360 e. The van der Waals surface area contributed by atoms with E-state index >= 15 is 0 Å². The average Bonchev–Trinajstić information content (AvgIpc) is 3.06. The second-order valence-electron chi connectivity index (χ2n) is 6.50. The standard InChI is InChI=1S/C21H27N3O3/c1-4-6-7-8-17-9-11-18(12-10-17)21(26)24(13-5-2)15-20(25)22-19-14-16(3)27-23-19/h5,9-12,14H,2,4,6-8,13,15H2,1,3H3,(H,22,23,25). The molecule has 1 N–H and O–H groups in total. The van der Waals surface area contributed by atoms with E-state index in [4.69, 9.17) is 4.52 Å². The molecular formula is C21H27N3O3. The van der Waals surface area contributed by atoms with Crippen molar-refractivity contribution in [2.24, 2.45) is 0 Å². The number of hydrogen-bond acceptors (Lipinski definition) is 4. The van der Waals surface area contributed by atoms with Crippen molar-refractivity contribution in [2.45, 2.75) is 39.5 Å². The fourth-order valence-electron chi connectivity index (χ4n) is 2.73. The molecule has 0 aliphatic heterocycles. The minimum absolute atomic E-state index is 0.0883. The van der Waals surface area contributed by atoms with Crippen LogP contribution in [-0.4, -0.2) is 35.0 Å². The summed E-state index contributed by atoms with van der Waals surface area (Å²) in [5.74, 6) is 0.388. The molecule has 0 atom stereocenters. The maximum absolute atomic E-state index is 12.8. The maximum Gasteiger partial charge on any atom is 0.254 e. The largest absolute Gasteiger partial charge is 0.360 e. The number of anilines is 1. The molecule has 6 heteroatoms. The molecule has 0 aliphatic carbocycles. The van der Waals surface area contributed by atoms with E-state index in [-0.39, 0.29) is 24.9 Å². The van der Waals surface area contributed by atoms with Gasteiger partial charge in [-0.25, -0.2) is 0 Å². The van der Waals surface area contributed by atoms with Crippen molar-refractivity contribution >= 4 is 17.6 Å². The lowest BCUT2D eigenvalue weighted by Crippen LogP contribution is -2.38. The Bertz CT molecular complexity index is 765. The Morgan fingerprint density at radius 2 is 2.00 bits per heavy atom. The van der Waals surface area contributed by atoms with Crippen LogP contribution in [0.4, 0.5) is 5.82 Å². The second kappa shape index (κ2) is 10.3. The molecule has 0 unspecified atom stereocenters. The zero-order valence-electron chi connectivity index (χ0n) is 16.0. The van der Waals surface area contributed by atoms with Crippen molar-refractivity contribution in [1.29, 1.82) is 0 Å². The van der Waals surface area contributed by atoms with E-state index < -0.39 is 0 Å². The number of nitrogens with one attached hydrogen (secondary N) is 1. The first-order valence-corrected chi connectivity index (χ1v) is 9.25. The van der Waals surface area contributed by atoms with Crippen LogP contribution in [0.3, 0.4) is 0 Å². The minimum atomic E-state index is -0.338. The molecule has 27 heavy (non-hydrogen) atoms. The van der Waals surface area contributed by atoms with Gasteiger partial charge in [0, 0.05) is 18.2 Å². The van der Waals surface area contributed by atoms with Crippen LogP contribution in [0, 0.1) is 6.92 Å². The zero-order chi connectivity index (χ0) is 19.6. The number of nitrogens with zero attached hydrogens (tertiary/aromatic N) is 2. The van der Waals surface area contributed by atoms with Gasteiger partial charge < -0.3 is 14.7 Å². The fraction of sp³-hybridized carbons (Fsp3) is 0.381. The van der Waals surface area contributed by atoms with Gasteiger partial charge >= 0.3 is 0 Å². The van der Waals surface area contributed by atoms with Crippen molar-refractivity contribution in [3.05, 3.63) is 59.9 Å². The summed E-state index contributed by atoms with van der Waals surface area (Å²) in [6.07, 6.45) is 6.15. The number of carbonyl (C=O) groups excluding carboxylic acids is 2. The van der Waals surface area contributed by atoms with E-state index in [0.717, 1.165) is 12.8 Å². The predicted octanol–water partition coefficient (Wildman–Crippen LogP) is 3.98. The Hall–Kier alpha value is -2.89. The summed E-state index contributed by atoms with van der Waals surface area (Å²) in [6, 6.07) is 9.21. The molecule has 0 fully saturated rings. The third kappa shape index (κ3) is 6.40. The van der Waals surface area contributed by atoms with Crippen LogP contribution >= 0.6 is 0 Å². The highest BCUT2D eigenvalue weighted by Crippen LogP contribution is 2.12. The summed E-state index contributed by atoms with van der Waals surface area (Å²) in [5.41, 5.74) is 1.77. The number of aromatic nitrogens is 1. The monoisotopic (exact) mass is 369 g/mol. The summed E-state index contributed by atoms with van der Waals surface area (Å²) in [6.45, 7) is 7.78. The molecule has 144 valence electrons. The lowest BCUT2D eigenvalue weighted by molar-refractivity contribution is -0.116. The van der Waals surface area contributed by atoms with Crippen LogP contribution < -0.4 is 5.32 Å². The summed E-state index contributed by atoms with van der Waals surface area (Å²) in [7, 11) is 0. The van der Waals surface area contributed by atoms with Gasteiger partial charge in [0.05, 0.1) is 0 Å². The number of unbranched alkanes of at least 4 members (excludes halogenated alkanes) is 2. The highest BCUT2D eigenvalue weighted by Gasteiger charge is 2.18. The van der Waals surface area contributed by atoms with E-state index in [0.29, 0.717) is 17.1 Å². The van der Waals surface area contributed by atoms with Crippen molar-refractivity contribution in [3.63, 3.8) is 0 Å². The van der Waals surface area contributed by atoms with Crippen LogP contribution in [0.1, 0.15) is 47.9 Å². The molecule has 6 nitrogen and oxygen atoms in total. The number of amides is 2. The molecule has 1 heterocycles. The molecule has 0 saturated carbocycles. The Morgan fingerprint density at radius 1 is 1.26 bits per heavy atom. The van der Waals surface area contributed by atoms with Gasteiger partial charge in [0.2, 0.25) is 5.91 Å². The molecule has 0 radical (unpaired) electrons. The van der Waals surface area contributed by atoms with Gasteiger partial charge in [-0.15, -0.1) is 6.58 Å². The quantitative estimate of drug-likeness (QED) is 0.508. The van der Waals surface area contributed by atoms with Gasteiger partial charge in [-0.05, 0) is 37.5 Å². The molecule has 0 saturated heterocycles. The van der Waals surface area contributed by atoms with Crippen LogP contribution in [0.2, 0.25) is 0 Å².